The van der Waals surface area contributed by atoms with E-state index in [-0.39, 0.29) is 0 Å². The Kier molecular flexibility index (Phi) is 4.64. The minimum atomic E-state index is -4.37. The van der Waals surface area contributed by atoms with Gasteiger partial charge in [0.25, 0.3) is 0 Å². The monoisotopic (exact) mass is 312 g/mol. The van der Waals surface area contributed by atoms with Gasteiger partial charge in [0.2, 0.25) is 0 Å². The van der Waals surface area contributed by atoms with Crippen LogP contribution >= 0.6 is 11.8 Å². The summed E-state index contributed by atoms with van der Waals surface area (Å²) in [5.74, 6) is 0. The van der Waals surface area contributed by atoms with Gasteiger partial charge in [-0.3, -0.25) is 0 Å². The van der Waals surface area contributed by atoms with Crippen LogP contribution in [-0.2, 0) is 6.18 Å². The summed E-state index contributed by atoms with van der Waals surface area (Å²) in [7, 11) is 0. The summed E-state index contributed by atoms with van der Waals surface area (Å²) in [5.41, 5.74) is 0.916. The molecule has 0 bridgehead atoms. The standard InChI is InChI=1S/C16H15F3OS/c1-10-9-11(16(17,18)19)7-8-12(10)15(20)13-5-3-4-6-14(13)21-2/h3-9,15,20H,1-2H3. The van der Waals surface area contributed by atoms with Crippen molar-refractivity contribution in [3.05, 3.63) is 64.7 Å². The molecule has 0 saturated heterocycles. The van der Waals surface area contributed by atoms with Crippen molar-refractivity contribution in [1.82, 2.24) is 0 Å². The highest BCUT2D eigenvalue weighted by Gasteiger charge is 2.31. The maximum atomic E-state index is 12.7. The molecule has 2 rings (SSSR count). The second-order valence-electron chi connectivity index (χ2n) is 4.71. The van der Waals surface area contributed by atoms with E-state index in [1.54, 1.807) is 19.1 Å². The Bertz CT molecular complexity index is 638. The molecule has 5 heteroatoms. The van der Waals surface area contributed by atoms with Crippen LogP contribution in [-0.4, -0.2) is 11.4 Å². The highest BCUT2D eigenvalue weighted by Crippen LogP contribution is 2.35. The van der Waals surface area contributed by atoms with E-state index in [1.807, 2.05) is 18.4 Å². The molecule has 1 nitrogen and oxygen atoms in total. The minimum Gasteiger partial charge on any atom is -0.384 e. The van der Waals surface area contributed by atoms with Crippen LogP contribution in [0.25, 0.3) is 0 Å². The molecule has 0 spiro atoms. The summed E-state index contributed by atoms with van der Waals surface area (Å²) < 4.78 is 38.0. The van der Waals surface area contributed by atoms with E-state index >= 15 is 0 Å². The molecule has 0 saturated carbocycles. The van der Waals surface area contributed by atoms with Gasteiger partial charge in [-0.2, -0.15) is 13.2 Å². The lowest BCUT2D eigenvalue weighted by Gasteiger charge is -2.18. The predicted molar refractivity (Wildman–Crippen MR) is 78.5 cm³/mol. The van der Waals surface area contributed by atoms with Crippen molar-refractivity contribution < 1.29 is 18.3 Å². The second-order valence-corrected chi connectivity index (χ2v) is 5.56. The van der Waals surface area contributed by atoms with Crippen molar-refractivity contribution in [3.8, 4) is 0 Å². The van der Waals surface area contributed by atoms with Gasteiger partial charge in [-0.05, 0) is 48.1 Å². The molecule has 21 heavy (non-hydrogen) atoms. The first-order chi connectivity index (χ1) is 9.84. The van der Waals surface area contributed by atoms with Gasteiger partial charge in [-0.25, -0.2) is 0 Å². The maximum absolute atomic E-state index is 12.7. The number of hydrogen-bond acceptors (Lipinski definition) is 2. The highest BCUT2D eigenvalue weighted by atomic mass is 32.2. The number of halogens is 3. The molecule has 2 aromatic carbocycles. The number of aryl methyl sites for hydroxylation is 1. The molecule has 112 valence electrons. The van der Waals surface area contributed by atoms with E-state index in [2.05, 4.69) is 0 Å². The quantitative estimate of drug-likeness (QED) is 0.820. The Morgan fingerprint density at radius 1 is 1.05 bits per heavy atom. The zero-order valence-electron chi connectivity index (χ0n) is 11.6. The number of rotatable bonds is 3. The normalized spacial score (nSPS) is 13.2. The summed E-state index contributed by atoms with van der Waals surface area (Å²) in [5, 5.41) is 10.5. The van der Waals surface area contributed by atoms with Crippen molar-refractivity contribution in [2.75, 3.05) is 6.26 Å². The molecule has 0 aliphatic carbocycles. The minimum absolute atomic E-state index is 0.424. The SMILES string of the molecule is CSc1ccccc1C(O)c1ccc(C(F)(F)F)cc1C. The molecule has 0 heterocycles. The lowest BCUT2D eigenvalue weighted by molar-refractivity contribution is -0.137. The second kappa shape index (κ2) is 6.12. The number of alkyl halides is 3. The first kappa shape index (κ1) is 15.9. The number of aliphatic hydroxyl groups excluding tert-OH is 1. The summed E-state index contributed by atoms with van der Waals surface area (Å²) >= 11 is 1.49. The van der Waals surface area contributed by atoms with Crippen molar-refractivity contribution in [2.45, 2.75) is 24.1 Å². The van der Waals surface area contributed by atoms with Crippen LogP contribution in [0, 0.1) is 6.92 Å². The summed E-state index contributed by atoms with van der Waals surface area (Å²) in [6.07, 6.45) is -3.41. The molecule has 1 N–H and O–H groups in total. The maximum Gasteiger partial charge on any atom is 0.416 e. The number of benzene rings is 2. The largest absolute Gasteiger partial charge is 0.416 e. The first-order valence-corrected chi connectivity index (χ1v) is 7.55. The van der Waals surface area contributed by atoms with Crippen molar-refractivity contribution >= 4 is 11.8 Å². The third-order valence-corrected chi connectivity index (χ3v) is 4.14. The van der Waals surface area contributed by atoms with Gasteiger partial charge >= 0.3 is 6.18 Å². The number of hydrogen-bond donors (Lipinski definition) is 1. The van der Waals surface area contributed by atoms with Crippen LogP contribution < -0.4 is 0 Å². The lowest BCUT2D eigenvalue weighted by Crippen LogP contribution is -2.08. The average Bonchev–Trinajstić information content (AvgIpc) is 2.45. The fourth-order valence-electron chi connectivity index (χ4n) is 2.22. The van der Waals surface area contributed by atoms with Crippen molar-refractivity contribution in [1.29, 1.82) is 0 Å². The smallest absolute Gasteiger partial charge is 0.384 e. The molecule has 1 unspecified atom stereocenters. The van der Waals surface area contributed by atoms with E-state index < -0.39 is 17.8 Å². The van der Waals surface area contributed by atoms with E-state index in [0.717, 1.165) is 17.0 Å². The number of thioether (sulfide) groups is 1. The lowest BCUT2D eigenvalue weighted by atomic mass is 9.96. The van der Waals surface area contributed by atoms with Crippen molar-refractivity contribution in [2.24, 2.45) is 0 Å². The third kappa shape index (κ3) is 3.41. The van der Waals surface area contributed by atoms with E-state index in [4.69, 9.17) is 0 Å². The van der Waals surface area contributed by atoms with Crippen LogP contribution in [0.5, 0.6) is 0 Å². The Hall–Kier alpha value is -1.46. The summed E-state index contributed by atoms with van der Waals surface area (Å²) in [6, 6.07) is 10.8. The molecule has 2 aromatic rings. The third-order valence-electron chi connectivity index (χ3n) is 3.33. The van der Waals surface area contributed by atoms with Crippen LogP contribution in [0.2, 0.25) is 0 Å². The molecule has 0 aliphatic rings. The van der Waals surface area contributed by atoms with E-state index in [1.165, 1.54) is 17.8 Å². The summed E-state index contributed by atoms with van der Waals surface area (Å²) in [6.45, 7) is 1.58. The van der Waals surface area contributed by atoms with E-state index in [9.17, 15) is 18.3 Å². The highest BCUT2D eigenvalue weighted by molar-refractivity contribution is 7.98. The van der Waals surface area contributed by atoms with Crippen LogP contribution in [0.4, 0.5) is 13.2 Å². The van der Waals surface area contributed by atoms with Gasteiger partial charge in [0.1, 0.15) is 6.10 Å². The van der Waals surface area contributed by atoms with Crippen LogP contribution in [0.1, 0.15) is 28.4 Å². The molecule has 0 radical (unpaired) electrons. The first-order valence-electron chi connectivity index (χ1n) is 6.33. The Balaban J connectivity index is 2.42. The zero-order valence-corrected chi connectivity index (χ0v) is 12.4. The summed E-state index contributed by atoms with van der Waals surface area (Å²) in [4.78, 5) is 0.907. The predicted octanol–water partition coefficient (Wildman–Crippen LogP) is 4.82. The van der Waals surface area contributed by atoms with Gasteiger partial charge in [0, 0.05) is 4.90 Å². The zero-order chi connectivity index (χ0) is 15.6. The molecule has 0 fully saturated rings. The topological polar surface area (TPSA) is 20.2 Å². The van der Waals surface area contributed by atoms with Gasteiger partial charge in [-0.15, -0.1) is 11.8 Å². The van der Waals surface area contributed by atoms with Crippen LogP contribution in [0.15, 0.2) is 47.4 Å². The van der Waals surface area contributed by atoms with Gasteiger partial charge < -0.3 is 5.11 Å². The molecule has 0 aromatic heterocycles. The van der Waals surface area contributed by atoms with Crippen LogP contribution in [0.3, 0.4) is 0 Å². The molecular weight excluding hydrogens is 297 g/mol. The Morgan fingerprint density at radius 2 is 1.71 bits per heavy atom. The Morgan fingerprint density at radius 3 is 2.29 bits per heavy atom. The molecular formula is C16H15F3OS. The van der Waals surface area contributed by atoms with Gasteiger partial charge in [0.15, 0.2) is 0 Å². The Labute approximate surface area is 125 Å². The fraction of sp³-hybridized carbons (Fsp3) is 0.250. The number of aliphatic hydroxyl groups is 1. The molecule has 1 atom stereocenters. The molecule has 0 aliphatic heterocycles. The molecule has 0 amide bonds. The van der Waals surface area contributed by atoms with Gasteiger partial charge in [0.05, 0.1) is 5.56 Å². The fourth-order valence-corrected chi connectivity index (χ4v) is 2.85. The van der Waals surface area contributed by atoms with Crippen molar-refractivity contribution in [3.63, 3.8) is 0 Å². The average molecular weight is 312 g/mol. The van der Waals surface area contributed by atoms with Gasteiger partial charge in [-0.1, -0.05) is 24.3 Å². The van der Waals surface area contributed by atoms with E-state index in [0.29, 0.717) is 16.7 Å².